The third-order valence-electron chi connectivity index (χ3n) is 5.54. The Morgan fingerprint density at radius 1 is 1.12 bits per heavy atom. The average molecular weight is 326 g/mol. The molecule has 0 N–H and O–H groups in total. The van der Waals surface area contributed by atoms with E-state index in [1.165, 1.54) is 37.9 Å². The summed E-state index contributed by atoms with van der Waals surface area (Å²) in [5.74, 6) is 0. The first-order valence-corrected chi connectivity index (χ1v) is 9.25. The van der Waals surface area contributed by atoms with E-state index < -0.39 is 0 Å². The predicted octanol–water partition coefficient (Wildman–Crippen LogP) is 3.03. The van der Waals surface area contributed by atoms with Crippen LogP contribution in [0.4, 0.5) is 0 Å². The molecule has 0 spiro atoms. The van der Waals surface area contributed by atoms with E-state index in [-0.39, 0.29) is 5.63 Å². The van der Waals surface area contributed by atoms with Crippen molar-refractivity contribution in [2.24, 2.45) is 0 Å². The van der Waals surface area contributed by atoms with Crippen molar-refractivity contribution in [1.82, 2.24) is 9.80 Å². The lowest BCUT2D eigenvalue weighted by atomic mass is 10.0. The van der Waals surface area contributed by atoms with Gasteiger partial charge in [0.2, 0.25) is 0 Å². The van der Waals surface area contributed by atoms with Crippen LogP contribution >= 0.6 is 0 Å². The van der Waals surface area contributed by atoms with Crippen LogP contribution < -0.4 is 5.63 Å². The lowest BCUT2D eigenvalue weighted by molar-refractivity contribution is 0.0187. The molecule has 0 bridgehead atoms. The first kappa shape index (κ1) is 15.9. The number of piperidine rings is 1. The van der Waals surface area contributed by atoms with Gasteiger partial charge >= 0.3 is 5.63 Å². The molecule has 1 aromatic carbocycles. The topological polar surface area (TPSA) is 36.7 Å². The van der Waals surface area contributed by atoms with Crippen molar-refractivity contribution in [2.45, 2.75) is 45.2 Å². The van der Waals surface area contributed by atoms with Gasteiger partial charge in [-0.05, 0) is 55.6 Å². The molecule has 24 heavy (non-hydrogen) atoms. The van der Waals surface area contributed by atoms with Crippen LogP contribution in [0.3, 0.4) is 0 Å². The third-order valence-corrected chi connectivity index (χ3v) is 5.54. The van der Waals surface area contributed by atoms with Crippen molar-refractivity contribution in [1.29, 1.82) is 0 Å². The third kappa shape index (κ3) is 3.13. The van der Waals surface area contributed by atoms with Crippen LogP contribution in [0.2, 0.25) is 0 Å². The van der Waals surface area contributed by atoms with Crippen LogP contribution in [0.25, 0.3) is 11.0 Å². The van der Waals surface area contributed by atoms with Crippen molar-refractivity contribution in [3.63, 3.8) is 0 Å². The molecule has 2 aliphatic heterocycles. The van der Waals surface area contributed by atoms with E-state index in [0.717, 1.165) is 37.0 Å². The quantitative estimate of drug-likeness (QED) is 0.809. The monoisotopic (exact) mass is 326 g/mol. The van der Waals surface area contributed by atoms with Gasteiger partial charge in [0.25, 0.3) is 0 Å². The maximum atomic E-state index is 11.9. The van der Waals surface area contributed by atoms with Gasteiger partial charge in [-0.1, -0.05) is 19.4 Å². The number of likely N-dealkylation sites (tertiary alicyclic amines) is 2. The summed E-state index contributed by atoms with van der Waals surface area (Å²) >= 11 is 0. The first-order valence-electron chi connectivity index (χ1n) is 9.25. The predicted molar refractivity (Wildman–Crippen MR) is 96.4 cm³/mol. The van der Waals surface area contributed by atoms with Crippen LogP contribution in [0.1, 0.15) is 37.3 Å². The maximum Gasteiger partial charge on any atom is 0.336 e. The highest BCUT2D eigenvalue weighted by Crippen LogP contribution is 2.25. The van der Waals surface area contributed by atoms with Crippen molar-refractivity contribution in [3.05, 3.63) is 45.8 Å². The smallest absolute Gasteiger partial charge is 0.336 e. The van der Waals surface area contributed by atoms with Gasteiger partial charge in [-0.25, -0.2) is 4.79 Å². The fourth-order valence-electron chi connectivity index (χ4n) is 4.05. The molecule has 0 unspecified atom stereocenters. The second kappa shape index (κ2) is 6.69. The first-order chi connectivity index (χ1) is 11.7. The Morgan fingerprint density at radius 2 is 1.92 bits per heavy atom. The summed E-state index contributed by atoms with van der Waals surface area (Å²) in [6, 6.07) is 8.55. The number of rotatable bonds is 4. The second-order valence-corrected chi connectivity index (χ2v) is 7.22. The molecule has 0 saturated carbocycles. The number of benzene rings is 1. The second-order valence-electron chi connectivity index (χ2n) is 7.22. The Labute approximate surface area is 143 Å². The van der Waals surface area contributed by atoms with Gasteiger partial charge in [0.1, 0.15) is 5.58 Å². The minimum Gasteiger partial charge on any atom is -0.423 e. The Balaban J connectivity index is 1.49. The van der Waals surface area contributed by atoms with Crippen LogP contribution in [0.15, 0.2) is 33.5 Å². The summed E-state index contributed by atoms with van der Waals surface area (Å²) in [4.78, 5) is 17.0. The van der Waals surface area contributed by atoms with Gasteiger partial charge in [0.05, 0.1) is 0 Å². The number of fused-ring (bicyclic) bond motifs is 1. The molecule has 0 aliphatic carbocycles. The highest BCUT2D eigenvalue weighted by Gasteiger charge is 2.32. The van der Waals surface area contributed by atoms with Crippen LogP contribution in [-0.2, 0) is 13.0 Å². The van der Waals surface area contributed by atoms with Crippen LogP contribution in [0, 0.1) is 0 Å². The van der Waals surface area contributed by atoms with E-state index in [1.54, 1.807) is 6.07 Å². The molecular weight excluding hydrogens is 300 g/mol. The largest absolute Gasteiger partial charge is 0.423 e. The normalized spacial score (nSPS) is 20.4. The molecular formula is C20H26N2O2. The molecule has 2 aliphatic rings. The molecule has 2 saturated heterocycles. The zero-order valence-electron chi connectivity index (χ0n) is 14.5. The number of hydrogen-bond donors (Lipinski definition) is 0. The van der Waals surface area contributed by atoms with Crippen molar-refractivity contribution < 1.29 is 4.42 Å². The van der Waals surface area contributed by atoms with Crippen molar-refractivity contribution in [3.8, 4) is 0 Å². The summed E-state index contributed by atoms with van der Waals surface area (Å²) in [5.41, 5.74) is 2.86. The van der Waals surface area contributed by atoms with E-state index in [0.29, 0.717) is 11.6 Å². The molecule has 0 atom stereocenters. The summed E-state index contributed by atoms with van der Waals surface area (Å²) in [7, 11) is 0. The zero-order valence-corrected chi connectivity index (χ0v) is 14.5. The van der Waals surface area contributed by atoms with Crippen molar-refractivity contribution in [2.75, 3.05) is 26.2 Å². The Bertz CT molecular complexity index is 771. The van der Waals surface area contributed by atoms with Gasteiger partial charge in [0, 0.05) is 37.1 Å². The molecule has 128 valence electrons. The molecule has 2 fully saturated rings. The lowest BCUT2D eigenvalue weighted by Crippen LogP contribution is -2.59. The van der Waals surface area contributed by atoms with Gasteiger partial charge in [-0.15, -0.1) is 0 Å². The molecule has 2 aromatic rings. The fraction of sp³-hybridized carbons (Fsp3) is 0.550. The van der Waals surface area contributed by atoms with Gasteiger partial charge in [-0.3, -0.25) is 9.80 Å². The molecule has 1 aromatic heterocycles. The van der Waals surface area contributed by atoms with Gasteiger partial charge in [0.15, 0.2) is 0 Å². The highest BCUT2D eigenvalue weighted by molar-refractivity contribution is 5.80. The van der Waals surface area contributed by atoms with Crippen LogP contribution in [0.5, 0.6) is 0 Å². The van der Waals surface area contributed by atoms with Crippen molar-refractivity contribution >= 4 is 11.0 Å². The highest BCUT2D eigenvalue weighted by atomic mass is 16.4. The van der Waals surface area contributed by atoms with E-state index in [9.17, 15) is 4.79 Å². The zero-order chi connectivity index (χ0) is 16.5. The van der Waals surface area contributed by atoms with E-state index in [4.69, 9.17) is 4.42 Å². The summed E-state index contributed by atoms with van der Waals surface area (Å²) < 4.78 is 5.37. The molecule has 4 rings (SSSR count). The summed E-state index contributed by atoms with van der Waals surface area (Å²) in [5, 5.41) is 1.09. The molecule has 3 heterocycles. The minimum atomic E-state index is -0.241. The number of aryl methyl sites for hydroxylation is 1. The van der Waals surface area contributed by atoms with Gasteiger partial charge in [-0.2, -0.15) is 0 Å². The molecule has 0 radical (unpaired) electrons. The van der Waals surface area contributed by atoms with E-state index in [2.05, 4.69) is 22.8 Å². The SMILES string of the molecule is CCc1ccc2oc(=O)cc(CN3CC(N4CCCCC4)C3)c2c1. The van der Waals surface area contributed by atoms with Gasteiger partial charge < -0.3 is 4.42 Å². The van der Waals surface area contributed by atoms with E-state index in [1.807, 2.05) is 12.1 Å². The average Bonchev–Trinajstić information content (AvgIpc) is 2.58. The maximum absolute atomic E-state index is 11.9. The minimum absolute atomic E-state index is 0.241. The molecule has 4 nitrogen and oxygen atoms in total. The summed E-state index contributed by atoms with van der Waals surface area (Å²) in [6.45, 7) is 7.76. The fourth-order valence-corrected chi connectivity index (χ4v) is 4.05. The lowest BCUT2D eigenvalue weighted by Gasteiger charge is -2.46. The number of nitrogens with zero attached hydrogens (tertiary/aromatic N) is 2. The molecule has 0 amide bonds. The van der Waals surface area contributed by atoms with E-state index >= 15 is 0 Å². The Morgan fingerprint density at radius 3 is 2.67 bits per heavy atom. The Kier molecular flexibility index (Phi) is 4.42. The molecule has 4 heteroatoms. The summed E-state index contributed by atoms with van der Waals surface area (Å²) in [6.07, 6.45) is 5.08. The van der Waals surface area contributed by atoms with Crippen LogP contribution in [-0.4, -0.2) is 42.0 Å². The Hall–Kier alpha value is -1.65. The standard InChI is InChI=1S/C20H26N2O2/c1-2-15-6-7-19-18(10-15)16(11-20(23)24-19)12-21-13-17(14-21)22-8-4-3-5-9-22/h6-7,10-11,17H,2-5,8-9,12-14H2,1H3. The number of hydrogen-bond acceptors (Lipinski definition) is 4.